The molecule has 160 valence electrons. The molecular weight excluding hydrogens is 396 g/mol. The van der Waals surface area contributed by atoms with E-state index in [-0.39, 0.29) is 13.0 Å². The van der Waals surface area contributed by atoms with Crippen molar-refractivity contribution in [2.75, 3.05) is 13.7 Å². The van der Waals surface area contributed by atoms with Crippen LogP contribution in [0.5, 0.6) is 11.6 Å². The van der Waals surface area contributed by atoms with Gasteiger partial charge < -0.3 is 19.4 Å². The van der Waals surface area contributed by atoms with Gasteiger partial charge in [-0.1, -0.05) is 53.7 Å². The van der Waals surface area contributed by atoms with Gasteiger partial charge in [-0.25, -0.2) is 4.98 Å². The topological polar surface area (TPSA) is 90.2 Å². The Labute approximate surface area is 180 Å². The van der Waals surface area contributed by atoms with Crippen LogP contribution in [0, 0.1) is 0 Å². The molecule has 3 rings (SSSR count). The van der Waals surface area contributed by atoms with Crippen LogP contribution in [0.3, 0.4) is 0 Å². The van der Waals surface area contributed by atoms with Crippen molar-refractivity contribution >= 4 is 11.7 Å². The lowest BCUT2D eigenvalue weighted by molar-refractivity contribution is -0.136. The standard InChI is InChI=1S/C24H24N2O5/c1-29-26-22(20-5-3-2-4-6-20)17-30-21-11-7-19(8-12-21)16-31-23-13-9-18(15-25-23)10-14-24(27)28/h2-9,11-13,15H,10,14,16-17H2,1H3,(H,27,28). The number of rotatable bonds is 11. The maximum absolute atomic E-state index is 10.6. The Morgan fingerprint density at radius 2 is 1.71 bits per heavy atom. The normalized spacial score (nSPS) is 11.1. The van der Waals surface area contributed by atoms with E-state index >= 15 is 0 Å². The van der Waals surface area contributed by atoms with Crippen molar-refractivity contribution in [2.24, 2.45) is 5.16 Å². The molecular formula is C24H24N2O5. The Balaban J connectivity index is 1.50. The van der Waals surface area contributed by atoms with E-state index in [1.54, 1.807) is 12.3 Å². The zero-order valence-electron chi connectivity index (χ0n) is 17.2. The second-order valence-electron chi connectivity index (χ2n) is 6.71. The molecule has 1 N–H and O–H groups in total. The number of hydrogen-bond acceptors (Lipinski definition) is 6. The highest BCUT2D eigenvalue weighted by Gasteiger charge is 2.06. The highest BCUT2D eigenvalue weighted by molar-refractivity contribution is 6.01. The fourth-order valence-corrected chi connectivity index (χ4v) is 2.79. The molecule has 0 fully saturated rings. The van der Waals surface area contributed by atoms with Gasteiger partial charge in [0.05, 0.1) is 0 Å². The number of aromatic nitrogens is 1. The van der Waals surface area contributed by atoms with Gasteiger partial charge in [0.2, 0.25) is 5.88 Å². The third-order valence-corrected chi connectivity index (χ3v) is 4.42. The van der Waals surface area contributed by atoms with E-state index < -0.39 is 5.97 Å². The van der Waals surface area contributed by atoms with Gasteiger partial charge >= 0.3 is 5.97 Å². The van der Waals surface area contributed by atoms with Gasteiger partial charge in [0.15, 0.2) is 0 Å². The number of carboxylic acid groups (broad SMARTS) is 1. The Bertz CT molecular complexity index is 987. The first-order valence-electron chi connectivity index (χ1n) is 9.81. The van der Waals surface area contributed by atoms with Gasteiger partial charge in [-0.2, -0.15) is 0 Å². The monoisotopic (exact) mass is 420 g/mol. The lowest BCUT2D eigenvalue weighted by atomic mass is 10.1. The molecule has 0 radical (unpaired) electrons. The Morgan fingerprint density at radius 3 is 2.35 bits per heavy atom. The summed E-state index contributed by atoms with van der Waals surface area (Å²) in [6, 6.07) is 20.9. The molecule has 2 aromatic carbocycles. The predicted molar refractivity (Wildman–Crippen MR) is 116 cm³/mol. The second-order valence-corrected chi connectivity index (χ2v) is 6.71. The summed E-state index contributed by atoms with van der Waals surface area (Å²) < 4.78 is 11.5. The van der Waals surface area contributed by atoms with Crippen LogP contribution in [-0.4, -0.2) is 35.5 Å². The van der Waals surface area contributed by atoms with Gasteiger partial charge in [-0.3, -0.25) is 4.79 Å². The van der Waals surface area contributed by atoms with E-state index in [4.69, 9.17) is 19.4 Å². The zero-order chi connectivity index (χ0) is 21.9. The number of aliphatic carboxylic acids is 1. The van der Waals surface area contributed by atoms with Crippen molar-refractivity contribution in [3.63, 3.8) is 0 Å². The Kier molecular flexibility index (Phi) is 7.99. The first-order chi connectivity index (χ1) is 15.1. The number of nitrogens with zero attached hydrogens (tertiary/aromatic N) is 2. The van der Waals surface area contributed by atoms with Crippen molar-refractivity contribution < 1.29 is 24.2 Å². The minimum atomic E-state index is -0.824. The van der Waals surface area contributed by atoms with Crippen molar-refractivity contribution in [3.05, 3.63) is 89.6 Å². The lowest BCUT2D eigenvalue weighted by Gasteiger charge is -2.10. The minimum Gasteiger partial charge on any atom is -0.487 e. The van der Waals surface area contributed by atoms with Gasteiger partial charge in [-0.15, -0.1) is 0 Å². The van der Waals surface area contributed by atoms with Crippen LogP contribution in [0.25, 0.3) is 0 Å². The van der Waals surface area contributed by atoms with Gasteiger partial charge in [0.1, 0.15) is 31.8 Å². The molecule has 0 spiro atoms. The summed E-state index contributed by atoms with van der Waals surface area (Å²) in [5.74, 6) is 0.377. The summed E-state index contributed by atoms with van der Waals surface area (Å²) in [7, 11) is 1.51. The number of carboxylic acids is 1. The maximum Gasteiger partial charge on any atom is 0.303 e. The Hall–Kier alpha value is -3.87. The molecule has 31 heavy (non-hydrogen) atoms. The first kappa shape index (κ1) is 21.8. The molecule has 0 unspecified atom stereocenters. The summed E-state index contributed by atoms with van der Waals surface area (Å²) in [5, 5.41) is 12.8. The van der Waals surface area contributed by atoms with Gasteiger partial charge in [0, 0.05) is 24.2 Å². The van der Waals surface area contributed by atoms with E-state index in [1.165, 1.54) is 7.11 Å². The van der Waals surface area contributed by atoms with Crippen LogP contribution in [0.2, 0.25) is 0 Å². The average Bonchev–Trinajstić information content (AvgIpc) is 2.81. The molecule has 0 saturated carbocycles. The minimum absolute atomic E-state index is 0.0838. The molecule has 0 bridgehead atoms. The van der Waals surface area contributed by atoms with E-state index in [1.807, 2.05) is 60.7 Å². The van der Waals surface area contributed by atoms with Crippen molar-refractivity contribution in [1.29, 1.82) is 0 Å². The molecule has 1 aromatic heterocycles. The molecule has 0 amide bonds. The largest absolute Gasteiger partial charge is 0.487 e. The molecule has 0 saturated heterocycles. The summed E-state index contributed by atoms with van der Waals surface area (Å²) in [5.41, 5.74) is 3.48. The second kappa shape index (κ2) is 11.3. The molecule has 3 aromatic rings. The predicted octanol–water partition coefficient (Wildman–Crippen LogP) is 4.11. The van der Waals surface area contributed by atoms with E-state index in [0.717, 1.165) is 16.7 Å². The quantitative estimate of drug-likeness (QED) is 0.371. The molecule has 0 aliphatic heterocycles. The van der Waals surface area contributed by atoms with Crippen LogP contribution in [0.1, 0.15) is 23.1 Å². The third kappa shape index (κ3) is 7.15. The molecule has 0 aliphatic carbocycles. The third-order valence-electron chi connectivity index (χ3n) is 4.42. The number of carbonyl (C=O) groups is 1. The van der Waals surface area contributed by atoms with Crippen LogP contribution in [0.15, 0.2) is 78.1 Å². The number of pyridine rings is 1. The van der Waals surface area contributed by atoms with Crippen molar-refractivity contribution in [2.45, 2.75) is 19.4 Å². The maximum atomic E-state index is 10.6. The lowest BCUT2D eigenvalue weighted by Crippen LogP contribution is -2.13. The average molecular weight is 420 g/mol. The van der Waals surface area contributed by atoms with Crippen LogP contribution in [-0.2, 0) is 22.7 Å². The van der Waals surface area contributed by atoms with E-state index in [2.05, 4.69) is 10.1 Å². The van der Waals surface area contributed by atoms with Crippen LogP contribution < -0.4 is 9.47 Å². The van der Waals surface area contributed by atoms with Crippen molar-refractivity contribution in [3.8, 4) is 11.6 Å². The smallest absolute Gasteiger partial charge is 0.303 e. The van der Waals surface area contributed by atoms with Gasteiger partial charge in [-0.05, 0) is 29.7 Å². The summed E-state index contributed by atoms with van der Waals surface area (Å²) >= 11 is 0. The number of oxime groups is 1. The molecule has 0 atom stereocenters. The van der Waals surface area contributed by atoms with Crippen LogP contribution >= 0.6 is 0 Å². The summed E-state index contributed by atoms with van der Waals surface area (Å²) in [6.07, 6.45) is 2.17. The fourth-order valence-electron chi connectivity index (χ4n) is 2.79. The molecule has 0 aliphatic rings. The number of aryl methyl sites for hydroxylation is 1. The molecule has 7 nitrogen and oxygen atoms in total. The molecule has 1 heterocycles. The number of ether oxygens (including phenoxy) is 2. The summed E-state index contributed by atoms with van der Waals surface area (Å²) in [6.45, 7) is 0.647. The SMILES string of the molecule is CON=C(COc1ccc(COc2ccc(CCC(=O)O)cn2)cc1)c1ccccc1. The van der Waals surface area contributed by atoms with E-state index in [0.29, 0.717) is 30.4 Å². The first-order valence-corrected chi connectivity index (χ1v) is 9.81. The fraction of sp³-hybridized carbons (Fsp3) is 0.208. The number of benzene rings is 2. The zero-order valence-corrected chi connectivity index (χ0v) is 17.2. The highest BCUT2D eigenvalue weighted by atomic mass is 16.6. The number of hydrogen-bond donors (Lipinski definition) is 1. The molecule has 7 heteroatoms. The van der Waals surface area contributed by atoms with Gasteiger partial charge in [0.25, 0.3) is 0 Å². The Morgan fingerprint density at radius 1 is 0.968 bits per heavy atom. The summed E-state index contributed by atoms with van der Waals surface area (Å²) in [4.78, 5) is 19.8. The van der Waals surface area contributed by atoms with Crippen molar-refractivity contribution in [1.82, 2.24) is 4.98 Å². The van der Waals surface area contributed by atoms with E-state index in [9.17, 15) is 4.79 Å². The highest BCUT2D eigenvalue weighted by Crippen LogP contribution is 2.16. The van der Waals surface area contributed by atoms with Crippen LogP contribution in [0.4, 0.5) is 0 Å².